The zero-order valence-corrected chi connectivity index (χ0v) is 15.0. The molecule has 0 saturated heterocycles. The second kappa shape index (κ2) is 5.95. The predicted molar refractivity (Wildman–Crippen MR) is 104 cm³/mol. The van der Waals surface area contributed by atoms with E-state index in [9.17, 15) is 9.59 Å². The molecule has 3 nitrogen and oxygen atoms in total. The van der Waals surface area contributed by atoms with Crippen LogP contribution in [0.5, 0.6) is 0 Å². The number of anilines is 2. The molecule has 128 valence electrons. The van der Waals surface area contributed by atoms with Crippen LogP contribution in [0.15, 0.2) is 54.6 Å². The Hall–Kier alpha value is -3.20. The highest BCUT2D eigenvalue weighted by atomic mass is 16.1. The van der Waals surface area contributed by atoms with Gasteiger partial charge in [0.1, 0.15) is 0 Å². The van der Waals surface area contributed by atoms with E-state index < -0.39 is 0 Å². The molecule has 0 aliphatic heterocycles. The number of carbonyl (C=O) groups is 2. The molecule has 3 heteroatoms. The lowest BCUT2D eigenvalue weighted by Crippen LogP contribution is -2.24. The fourth-order valence-corrected chi connectivity index (χ4v) is 3.64. The van der Waals surface area contributed by atoms with E-state index in [-0.39, 0.29) is 11.6 Å². The normalized spacial score (nSPS) is 12.6. The molecule has 0 heterocycles. The summed E-state index contributed by atoms with van der Waals surface area (Å²) in [5.74, 6) is -0.174. The van der Waals surface area contributed by atoms with Crippen molar-refractivity contribution < 1.29 is 9.59 Å². The molecule has 1 N–H and O–H groups in total. The highest BCUT2D eigenvalue weighted by Gasteiger charge is 2.34. The molecule has 0 aromatic heterocycles. The lowest BCUT2D eigenvalue weighted by molar-refractivity contribution is 0.0979. The smallest absolute Gasteiger partial charge is 0.196 e. The molecule has 0 unspecified atom stereocenters. The van der Waals surface area contributed by atoms with Crippen molar-refractivity contribution in [3.63, 3.8) is 0 Å². The molecule has 0 radical (unpaired) electrons. The Morgan fingerprint density at radius 2 is 1.15 bits per heavy atom. The number of para-hydroxylation sites is 1. The number of fused-ring (bicyclic) bond motifs is 2. The largest absolute Gasteiger partial charge is 0.355 e. The number of rotatable bonds is 2. The van der Waals surface area contributed by atoms with Gasteiger partial charge in [-0.05, 0) is 49.6 Å². The fourth-order valence-electron chi connectivity index (χ4n) is 3.64. The molecular formula is C23H19NO2. The number of hydrogen-bond acceptors (Lipinski definition) is 3. The van der Waals surface area contributed by atoms with Crippen LogP contribution >= 0.6 is 0 Å². The van der Waals surface area contributed by atoms with Gasteiger partial charge < -0.3 is 5.32 Å². The maximum Gasteiger partial charge on any atom is 0.196 e. The first-order valence-electron chi connectivity index (χ1n) is 8.65. The molecule has 0 saturated carbocycles. The second-order valence-corrected chi connectivity index (χ2v) is 6.69. The van der Waals surface area contributed by atoms with Crippen molar-refractivity contribution in [1.82, 2.24) is 0 Å². The lowest BCUT2D eigenvalue weighted by atomic mass is 9.78. The van der Waals surface area contributed by atoms with Gasteiger partial charge in [0.25, 0.3) is 0 Å². The van der Waals surface area contributed by atoms with Crippen molar-refractivity contribution >= 4 is 22.9 Å². The van der Waals surface area contributed by atoms with Crippen LogP contribution < -0.4 is 5.32 Å². The monoisotopic (exact) mass is 341 g/mol. The third kappa shape index (κ3) is 2.28. The quantitative estimate of drug-likeness (QED) is 0.550. The van der Waals surface area contributed by atoms with Gasteiger partial charge in [-0.2, -0.15) is 0 Å². The first-order valence-corrected chi connectivity index (χ1v) is 8.65. The Kier molecular flexibility index (Phi) is 3.73. The van der Waals surface area contributed by atoms with Crippen molar-refractivity contribution in [2.75, 3.05) is 5.32 Å². The van der Waals surface area contributed by atoms with E-state index in [0.717, 1.165) is 28.1 Å². The van der Waals surface area contributed by atoms with Crippen LogP contribution in [0.1, 0.15) is 48.5 Å². The molecule has 0 atom stereocenters. The SMILES string of the molecule is Cc1c(C)c(Nc2ccccc2)c2c(c1C)C(=O)c1ccccc1C2=O. The van der Waals surface area contributed by atoms with Crippen molar-refractivity contribution in [3.8, 4) is 0 Å². The zero-order chi connectivity index (χ0) is 18.4. The minimum Gasteiger partial charge on any atom is -0.355 e. The number of ketones is 2. The number of benzene rings is 3. The van der Waals surface area contributed by atoms with Gasteiger partial charge in [-0.25, -0.2) is 0 Å². The van der Waals surface area contributed by atoms with Crippen LogP contribution in [-0.2, 0) is 0 Å². The molecule has 26 heavy (non-hydrogen) atoms. The number of nitrogens with one attached hydrogen (secondary N) is 1. The van der Waals surface area contributed by atoms with Crippen LogP contribution in [0.2, 0.25) is 0 Å². The predicted octanol–water partition coefficient (Wildman–Crippen LogP) is 5.13. The summed E-state index contributed by atoms with van der Waals surface area (Å²) >= 11 is 0. The van der Waals surface area contributed by atoms with Gasteiger partial charge in [0.2, 0.25) is 0 Å². The second-order valence-electron chi connectivity index (χ2n) is 6.69. The average molecular weight is 341 g/mol. The topological polar surface area (TPSA) is 46.2 Å². The van der Waals surface area contributed by atoms with E-state index in [2.05, 4.69) is 5.32 Å². The molecule has 3 aromatic rings. The van der Waals surface area contributed by atoms with Gasteiger partial charge >= 0.3 is 0 Å². The van der Waals surface area contributed by atoms with E-state index in [0.29, 0.717) is 22.3 Å². The summed E-state index contributed by atoms with van der Waals surface area (Å²) in [4.78, 5) is 26.5. The molecule has 3 aromatic carbocycles. The van der Waals surface area contributed by atoms with Gasteiger partial charge in [0, 0.05) is 22.4 Å². The lowest BCUT2D eigenvalue weighted by Gasteiger charge is -2.26. The van der Waals surface area contributed by atoms with Crippen molar-refractivity contribution in [3.05, 3.63) is 93.5 Å². The average Bonchev–Trinajstić information content (AvgIpc) is 2.67. The fraction of sp³-hybridized carbons (Fsp3) is 0.130. The van der Waals surface area contributed by atoms with Crippen molar-refractivity contribution in [1.29, 1.82) is 0 Å². The van der Waals surface area contributed by atoms with Crippen LogP contribution in [0, 0.1) is 20.8 Å². The molecule has 1 aliphatic carbocycles. The van der Waals surface area contributed by atoms with E-state index in [1.54, 1.807) is 24.3 Å². The van der Waals surface area contributed by atoms with Gasteiger partial charge in [0.05, 0.1) is 11.3 Å². The van der Waals surface area contributed by atoms with Crippen molar-refractivity contribution in [2.24, 2.45) is 0 Å². The summed E-state index contributed by atoms with van der Waals surface area (Å²) in [5.41, 5.74) is 6.48. The van der Waals surface area contributed by atoms with E-state index >= 15 is 0 Å². The summed E-state index contributed by atoms with van der Waals surface area (Å²) in [6.45, 7) is 5.91. The van der Waals surface area contributed by atoms with Crippen LogP contribution in [0.25, 0.3) is 0 Å². The molecule has 0 bridgehead atoms. The van der Waals surface area contributed by atoms with Crippen LogP contribution in [0.4, 0.5) is 11.4 Å². The minimum absolute atomic E-state index is 0.0769. The Bertz CT molecular complexity index is 1070. The zero-order valence-electron chi connectivity index (χ0n) is 15.0. The molecule has 0 spiro atoms. The van der Waals surface area contributed by atoms with Crippen LogP contribution in [-0.4, -0.2) is 11.6 Å². The summed E-state index contributed by atoms with van der Waals surface area (Å²) in [7, 11) is 0. The van der Waals surface area contributed by atoms with Crippen LogP contribution in [0.3, 0.4) is 0 Å². The van der Waals surface area contributed by atoms with Gasteiger partial charge in [0.15, 0.2) is 11.6 Å². The highest BCUT2D eigenvalue weighted by Crippen LogP contribution is 2.39. The molecular weight excluding hydrogens is 322 g/mol. The standard InChI is InChI=1S/C23H19NO2/c1-13-14(2)19-20(21(15(13)3)24-16-9-5-4-6-10-16)23(26)18-12-8-7-11-17(18)22(19)25/h4-12,24H,1-3H3. The molecule has 0 fully saturated rings. The molecule has 4 rings (SSSR count). The maximum absolute atomic E-state index is 13.3. The third-order valence-corrected chi connectivity index (χ3v) is 5.29. The first-order chi connectivity index (χ1) is 12.5. The Morgan fingerprint density at radius 1 is 0.615 bits per heavy atom. The Labute approximate surface area is 152 Å². The first kappa shape index (κ1) is 16.3. The number of hydrogen-bond donors (Lipinski definition) is 1. The van der Waals surface area contributed by atoms with E-state index in [4.69, 9.17) is 0 Å². The van der Waals surface area contributed by atoms with E-state index in [1.807, 2.05) is 51.1 Å². The van der Waals surface area contributed by atoms with Gasteiger partial charge in [-0.15, -0.1) is 0 Å². The van der Waals surface area contributed by atoms with E-state index in [1.165, 1.54) is 0 Å². The Balaban J connectivity index is 2.02. The maximum atomic E-state index is 13.3. The highest BCUT2D eigenvalue weighted by molar-refractivity contribution is 6.31. The minimum atomic E-state index is -0.0974. The summed E-state index contributed by atoms with van der Waals surface area (Å²) in [6.07, 6.45) is 0. The third-order valence-electron chi connectivity index (χ3n) is 5.29. The molecule has 0 amide bonds. The van der Waals surface area contributed by atoms with Gasteiger partial charge in [-0.3, -0.25) is 9.59 Å². The molecule has 1 aliphatic rings. The summed E-state index contributed by atoms with van der Waals surface area (Å²) < 4.78 is 0. The van der Waals surface area contributed by atoms with Gasteiger partial charge in [-0.1, -0.05) is 42.5 Å². The Morgan fingerprint density at radius 3 is 1.77 bits per heavy atom. The van der Waals surface area contributed by atoms with Crippen molar-refractivity contribution in [2.45, 2.75) is 20.8 Å². The summed E-state index contributed by atoms with van der Waals surface area (Å²) in [6, 6.07) is 16.8. The summed E-state index contributed by atoms with van der Waals surface area (Å²) in [5, 5.41) is 3.38. The number of carbonyl (C=O) groups excluding carboxylic acids is 2.